The molecule has 16 heavy (non-hydrogen) atoms. The van der Waals surface area contributed by atoms with Crippen molar-refractivity contribution in [2.75, 3.05) is 18.6 Å². The van der Waals surface area contributed by atoms with Crippen LogP contribution in [0.1, 0.15) is 0 Å². The molecule has 0 saturated heterocycles. The number of rotatable bonds is 2. The number of methoxy groups -OCH3 is 1. The van der Waals surface area contributed by atoms with Crippen LogP contribution in [0.3, 0.4) is 0 Å². The Bertz CT molecular complexity index is 492. The van der Waals surface area contributed by atoms with E-state index < -0.39 is 0 Å². The van der Waals surface area contributed by atoms with E-state index in [9.17, 15) is 0 Å². The van der Waals surface area contributed by atoms with E-state index in [0.29, 0.717) is 11.4 Å². The second-order valence-electron chi connectivity index (χ2n) is 3.57. The van der Waals surface area contributed by atoms with Gasteiger partial charge in [0.05, 0.1) is 18.5 Å². The van der Waals surface area contributed by atoms with Crippen molar-refractivity contribution in [1.82, 2.24) is 0 Å². The molecule has 4 N–H and O–H groups in total. The van der Waals surface area contributed by atoms with E-state index in [2.05, 4.69) is 0 Å². The predicted molar refractivity (Wildman–Crippen MR) is 67.3 cm³/mol. The van der Waals surface area contributed by atoms with Gasteiger partial charge in [0.15, 0.2) is 0 Å². The molecule has 2 aromatic carbocycles. The van der Waals surface area contributed by atoms with Crippen molar-refractivity contribution in [1.29, 1.82) is 0 Å². The molecule has 0 aromatic heterocycles. The first-order valence-corrected chi connectivity index (χ1v) is 5.00. The zero-order chi connectivity index (χ0) is 11.5. The molecule has 0 aliphatic carbocycles. The summed E-state index contributed by atoms with van der Waals surface area (Å²) in [6, 6.07) is 13.5. The van der Waals surface area contributed by atoms with Gasteiger partial charge in [-0.1, -0.05) is 18.2 Å². The van der Waals surface area contributed by atoms with Gasteiger partial charge < -0.3 is 16.2 Å². The normalized spacial score (nSPS) is 10.1. The Morgan fingerprint density at radius 1 is 0.812 bits per heavy atom. The Morgan fingerprint density at radius 2 is 1.44 bits per heavy atom. The first-order valence-electron chi connectivity index (χ1n) is 5.00. The van der Waals surface area contributed by atoms with Gasteiger partial charge in [-0.2, -0.15) is 0 Å². The fourth-order valence-corrected chi connectivity index (χ4v) is 1.54. The third-order valence-corrected chi connectivity index (χ3v) is 2.51. The summed E-state index contributed by atoms with van der Waals surface area (Å²) < 4.78 is 5.10. The highest BCUT2D eigenvalue weighted by atomic mass is 16.5. The highest BCUT2D eigenvalue weighted by molar-refractivity contribution is 5.74. The Balaban J connectivity index is 2.38. The van der Waals surface area contributed by atoms with Gasteiger partial charge in [-0.15, -0.1) is 0 Å². The number of benzene rings is 2. The van der Waals surface area contributed by atoms with Crippen molar-refractivity contribution in [2.24, 2.45) is 0 Å². The number of anilines is 2. The minimum atomic E-state index is 0.605. The fraction of sp³-hybridized carbons (Fsp3) is 0.0769. The van der Waals surface area contributed by atoms with Crippen LogP contribution < -0.4 is 16.2 Å². The first kappa shape index (κ1) is 10.4. The molecule has 0 radical (unpaired) electrons. The monoisotopic (exact) mass is 214 g/mol. The Morgan fingerprint density at radius 3 is 2.00 bits per heavy atom. The lowest BCUT2D eigenvalue weighted by atomic mass is 10.0. The van der Waals surface area contributed by atoms with Gasteiger partial charge in [0.1, 0.15) is 5.75 Å². The molecule has 2 aromatic rings. The summed E-state index contributed by atoms with van der Waals surface area (Å²) in [4.78, 5) is 0. The molecular weight excluding hydrogens is 200 g/mol. The zero-order valence-corrected chi connectivity index (χ0v) is 9.10. The lowest BCUT2D eigenvalue weighted by molar-refractivity contribution is 0.415. The summed E-state index contributed by atoms with van der Waals surface area (Å²) in [5.74, 6) is 0.840. The summed E-state index contributed by atoms with van der Waals surface area (Å²) in [7, 11) is 1.65. The van der Waals surface area contributed by atoms with Crippen LogP contribution in [0.4, 0.5) is 11.4 Å². The van der Waals surface area contributed by atoms with E-state index in [4.69, 9.17) is 16.2 Å². The van der Waals surface area contributed by atoms with Crippen LogP contribution in [0.15, 0.2) is 42.5 Å². The summed E-state index contributed by atoms with van der Waals surface area (Å²) in [6.45, 7) is 0. The smallest absolute Gasteiger partial charge is 0.118 e. The van der Waals surface area contributed by atoms with Crippen LogP contribution in [0.25, 0.3) is 11.1 Å². The molecule has 3 heteroatoms. The van der Waals surface area contributed by atoms with E-state index >= 15 is 0 Å². The van der Waals surface area contributed by atoms with Crippen molar-refractivity contribution >= 4 is 11.4 Å². The zero-order valence-electron chi connectivity index (χ0n) is 9.10. The summed E-state index contributed by atoms with van der Waals surface area (Å²) in [5, 5.41) is 0. The molecule has 0 bridgehead atoms. The molecule has 0 fully saturated rings. The second-order valence-corrected chi connectivity index (χ2v) is 3.57. The van der Waals surface area contributed by atoms with Gasteiger partial charge in [0, 0.05) is 0 Å². The molecule has 0 aliphatic rings. The molecule has 0 saturated carbocycles. The van der Waals surface area contributed by atoms with Gasteiger partial charge in [-0.05, 0) is 35.4 Å². The average Bonchev–Trinajstić information content (AvgIpc) is 2.33. The third kappa shape index (κ3) is 1.93. The predicted octanol–water partition coefficient (Wildman–Crippen LogP) is 2.53. The highest BCUT2D eigenvalue weighted by Gasteiger charge is 2.00. The van der Waals surface area contributed by atoms with Gasteiger partial charge in [0.2, 0.25) is 0 Å². The first-order chi connectivity index (χ1) is 7.70. The van der Waals surface area contributed by atoms with Crippen molar-refractivity contribution in [3.8, 4) is 16.9 Å². The van der Waals surface area contributed by atoms with Crippen LogP contribution >= 0.6 is 0 Å². The molecule has 0 atom stereocenters. The summed E-state index contributed by atoms with van der Waals surface area (Å²) in [6.07, 6.45) is 0. The molecule has 2 rings (SSSR count). The van der Waals surface area contributed by atoms with Crippen molar-refractivity contribution in [3.63, 3.8) is 0 Å². The average molecular weight is 214 g/mol. The van der Waals surface area contributed by atoms with E-state index in [1.54, 1.807) is 7.11 Å². The second kappa shape index (κ2) is 4.14. The molecule has 0 heterocycles. The minimum Gasteiger partial charge on any atom is -0.497 e. The van der Waals surface area contributed by atoms with Gasteiger partial charge in [-0.3, -0.25) is 0 Å². The SMILES string of the molecule is COc1ccc(-c2ccc(N)c(N)c2)cc1. The number of nitrogens with two attached hydrogens (primary N) is 2. The lowest BCUT2D eigenvalue weighted by Gasteiger charge is -2.06. The van der Waals surface area contributed by atoms with Crippen LogP contribution in [-0.2, 0) is 0 Å². The molecule has 0 spiro atoms. The maximum absolute atomic E-state index is 5.76. The van der Waals surface area contributed by atoms with E-state index in [-0.39, 0.29) is 0 Å². The highest BCUT2D eigenvalue weighted by Crippen LogP contribution is 2.26. The molecule has 82 valence electrons. The molecule has 0 unspecified atom stereocenters. The van der Waals surface area contributed by atoms with Crippen molar-refractivity contribution < 1.29 is 4.74 Å². The van der Waals surface area contributed by atoms with E-state index in [0.717, 1.165) is 16.9 Å². The number of hydrogen-bond donors (Lipinski definition) is 2. The minimum absolute atomic E-state index is 0.605. The quantitative estimate of drug-likeness (QED) is 0.755. The molecular formula is C13H14N2O. The van der Waals surface area contributed by atoms with Crippen LogP contribution in [-0.4, -0.2) is 7.11 Å². The Kier molecular flexibility index (Phi) is 2.68. The third-order valence-electron chi connectivity index (χ3n) is 2.51. The van der Waals surface area contributed by atoms with Gasteiger partial charge >= 0.3 is 0 Å². The topological polar surface area (TPSA) is 61.3 Å². The number of hydrogen-bond acceptors (Lipinski definition) is 3. The Hall–Kier alpha value is -2.16. The van der Waals surface area contributed by atoms with Crippen molar-refractivity contribution in [2.45, 2.75) is 0 Å². The van der Waals surface area contributed by atoms with Crippen LogP contribution in [0.2, 0.25) is 0 Å². The largest absolute Gasteiger partial charge is 0.497 e. The molecule has 0 aliphatic heterocycles. The maximum Gasteiger partial charge on any atom is 0.118 e. The standard InChI is InChI=1S/C13H14N2O/c1-16-11-5-2-9(3-6-11)10-4-7-12(14)13(15)8-10/h2-8H,14-15H2,1H3. The summed E-state index contributed by atoms with van der Waals surface area (Å²) >= 11 is 0. The van der Waals surface area contributed by atoms with E-state index in [1.807, 2.05) is 42.5 Å². The lowest BCUT2D eigenvalue weighted by Crippen LogP contribution is -1.94. The Labute approximate surface area is 94.6 Å². The number of nitrogen functional groups attached to an aromatic ring is 2. The van der Waals surface area contributed by atoms with Crippen molar-refractivity contribution in [3.05, 3.63) is 42.5 Å². The van der Waals surface area contributed by atoms with Gasteiger partial charge in [0.25, 0.3) is 0 Å². The van der Waals surface area contributed by atoms with Crippen LogP contribution in [0, 0.1) is 0 Å². The molecule has 0 amide bonds. The number of ether oxygens (including phenoxy) is 1. The fourth-order valence-electron chi connectivity index (χ4n) is 1.54. The maximum atomic E-state index is 5.76. The van der Waals surface area contributed by atoms with Crippen LogP contribution in [0.5, 0.6) is 5.75 Å². The van der Waals surface area contributed by atoms with E-state index in [1.165, 1.54) is 0 Å². The summed E-state index contributed by atoms with van der Waals surface area (Å²) in [5.41, 5.74) is 14.8. The molecule has 3 nitrogen and oxygen atoms in total. The van der Waals surface area contributed by atoms with Gasteiger partial charge in [-0.25, -0.2) is 0 Å².